The molecule has 0 unspecified atom stereocenters. The van der Waals surface area contributed by atoms with Gasteiger partial charge in [0.1, 0.15) is 5.82 Å². The summed E-state index contributed by atoms with van der Waals surface area (Å²) in [7, 11) is 0. The van der Waals surface area contributed by atoms with Crippen molar-refractivity contribution in [2.75, 3.05) is 13.1 Å². The van der Waals surface area contributed by atoms with Crippen molar-refractivity contribution in [1.29, 1.82) is 0 Å². The lowest BCUT2D eigenvalue weighted by molar-refractivity contribution is -0.131. The largest absolute Gasteiger partial charge is 0.392 e. The first kappa shape index (κ1) is 16.7. The summed E-state index contributed by atoms with van der Waals surface area (Å²) in [5.41, 5.74) is 2.60. The van der Waals surface area contributed by atoms with Crippen LogP contribution < -0.4 is 0 Å². The summed E-state index contributed by atoms with van der Waals surface area (Å²) in [5.74, 6) is 0.0254. The molecule has 1 N–H and O–H groups in total. The van der Waals surface area contributed by atoms with Gasteiger partial charge >= 0.3 is 0 Å². The number of likely N-dealkylation sites (tertiary alicyclic amines) is 1. The fourth-order valence-electron chi connectivity index (χ4n) is 3.43. The van der Waals surface area contributed by atoms with Gasteiger partial charge in [0.25, 0.3) is 0 Å². The lowest BCUT2D eigenvalue weighted by Crippen LogP contribution is -2.39. The third-order valence-corrected chi connectivity index (χ3v) is 4.81. The molecule has 0 atom stereocenters. The zero-order chi connectivity index (χ0) is 16.9. The average molecular weight is 327 g/mol. The van der Waals surface area contributed by atoms with Gasteiger partial charge in [-0.15, -0.1) is 0 Å². The van der Waals surface area contributed by atoms with Crippen LogP contribution in [0.5, 0.6) is 0 Å². The highest BCUT2D eigenvalue weighted by molar-refractivity contribution is 5.79. The fourth-order valence-corrected chi connectivity index (χ4v) is 3.43. The Balaban J connectivity index is 1.61. The summed E-state index contributed by atoms with van der Waals surface area (Å²) in [6.07, 6.45) is 1.87. The maximum absolute atomic E-state index is 13.7. The second-order valence-electron chi connectivity index (χ2n) is 6.28. The number of aliphatic hydroxyl groups excluding tert-OH is 1. The number of aliphatic hydroxyl groups is 1. The van der Waals surface area contributed by atoms with Gasteiger partial charge in [-0.3, -0.25) is 4.79 Å². The highest BCUT2D eigenvalue weighted by Gasteiger charge is 2.25. The molecular formula is C20H22FNO2. The van der Waals surface area contributed by atoms with Crippen LogP contribution in [0.25, 0.3) is 0 Å². The number of halogens is 1. The first-order valence-electron chi connectivity index (χ1n) is 8.39. The van der Waals surface area contributed by atoms with Gasteiger partial charge < -0.3 is 10.0 Å². The summed E-state index contributed by atoms with van der Waals surface area (Å²) < 4.78 is 13.7. The van der Waals surface area contributed by atoms with E-state index >= 15 is 0 Å². The Kier molecular flexibility index (Phi) is 5.26. The number of hydrogen-bond donors (Lipinski definition) is 1. The maximum Gasteiger partial charge on any atom is 0.227 e. The highest BCUT2D eigenvalue weighted by Crippen LogP contribution is 2.30. The van der Waals surface area contributed by atoms with Crippen molar-refractivity contribution in [2.24, 2.45) is 0 Å². The van der Waals surface area contributed by atoms with Crippen molar-refractivity contribution in [1.82, 2.24) is 4.90 Å². The van der Waals surface area contributed by atoms with Crippen LogP contribution in [0.15, 0.2) is 48.5 Å². The molecule has 0 aromatic heterocycles. The molecule has 0 spiro atoms. The molecule has 0 saturated carbocycles. The van der Waals surface area contributed by atoms with E-state index in [9.17, 15) is 14.3 Å². The molecule has 1 amide bonds. The lowest BCUT2D eigenvalue weighted by Gasteiger charge is -2.33. The minimum absolute atomic E-state index is 0.0195. The zero-order valence-corrected chi connectivity index (χ0v) is 13.6. The van der Waals surface area contributed by atoms with E-state index in [4.69, 9.17) is 0 Å². The van der Waals surface area contributed by atoms with Crippen molar-refractivity contribution in [3.63, 3.8) is 0 Å². The number of carbonyl (C=O) groups is 1. The molecule has 126 valence electrons. The second kappa shape index (κ2) is 7.58. The van der Waals surface area contributed by atoms with E-state index in [0.29, 0.717) is 24.6 Å². The van der Waals surface area contributed by atoms with Crippen LogP contribution in [0.2, 0.25) is 0 Å². The van der Waals surface area contributed by atoms with Crippen LogP contribution in [-0.2, 0) is 17.8 Å². The van der Waals surface area contributed by atoms with Gasteiger partial charge in [-0.05, 0) is 41.5 Å². The molecule has 1 aliphatic rings. The third-order valence-electron chi connectivity index (χ3n) is 4.81. The fraction of sp³-hybridized carbons (Fsp3) is 0.350. The Bertz CT molecular complexity index is 708. The molecule has 0 aliphatic carbocycles. The van der Waals surface area contributed by atoms with Crippen molar-refractivity contribution in [3.05, 3.63) is 71.0 Å². The molecule has 3 nitrogen and oxygen atoms in total. The Hall–Kier alpha value is -2.20. The number of nitrogens with zero attached hydrogens (tertiary/aromatic N) is 1. The van der Waals surface area contributed by atoms with Gasteiger partial charge in [-0.1, -0.05) is 42.5 Å². The molecule has 0 bridgehead atoms. The summed E-state index contributed by atoms with van der Waals surface area (Å²) >= 11 is 0. The summed E-state index contributed by atoms with van der Waals surface area (Å²) in [4.78, 5) is 14.2. The number of rotatable bonds is 4. The van der Waals surface area contributed by atoms with Crippen LogP contribution in [0.3, 0.4) is 0 Å². The minimum atomic E-state index is -0.322. The van der Waals surface area contributed by atoms with E-state index < -0.39 is 0 Å². The van der Waals surface area contributed by atoms with Gasteiger partial charge in [0.15, 0.2) is 0 Å². The van der Waals surface area contributed by atoms with Crippen molar-refractivity contribution < 1.29 is 14.3 Å². The number of amides is 1. The Morgan fingerprint density at radius 3 is 2.33 bits per heavy atom. The number of hydrogen-bond acceptors (Lipinski definition) is 2. The first-order valence-corrected chi connectivity index (χ1v) is 8.39. The van der Waals surface area contributed by atoms with Gasteiger partial charge in [-0.2, -0.15) is 0 Å². The minimum Gasteiger partial charge on any atom is -0.392 e. The van der Waals surface area contributed by atoms with E-state index in [1.165, 1.54) is 11.6 Å². The van der Waals surface area contributed by atoms with Crippen molar-refractivity contribution >= 4 is 5.91 Å². The summed E-state index contributed by atoms with van der Waals surface area (Å²) in [5, 5.41) is 9.48. The molecule has 1 saturated heterocycles. The van der Waals surface area contributed by atoms with E-state index in [2.05, 4.69) is 6.07 Å². The van der Waals surface area contributed by atoms with Gasteiger partial charge in [0.2, 0.25) is 5.91 Å². The van der Waals surface area contributed by atoms with Crippen LogP contribution in [0.1, 0.15) is 35.4 Å². The maximum atomic E-state index is 13.7. The van der Waals surface area contributed by atoms with E-state index in [-0.39, 0.29) is 24.8 Å². The molecular weight excluding hydrogens is 305 g/mol. The molecule has 2 aromatic carbocycles. The van der Waals surface area contributed by atoms with Crippen molar-refractivity contribution in [3.8, 4) is 0 Å². The first-order chi connectivity index (χ1) is 11.7. The number of piperidine rings is 1. The second-order valence-corrected chi connectivity index (χ2v) is 6.28. The van der Waals surface area contributed by atoms with Gasteiger partial charge in [-0.25, -0.2) is 4.39 Å². The average Bonchev–Trinajstić information content (AvgIpc) is 2.63. The monoisotopic (exact) mass is 327 g/mol. The molecule has 0 radical (unpaired) electrons. The quantitative estimate of drug-likeness (QED) is 0.936. The molecule has 1 fully saturated rings. The van der Waals surface area contributed by atoms with E-state index in [1.54, 1.807) is 18.2 Å². The molecule has 1 heterocycles. The number of benzene rings is 2. The summed E-state index contributed by atoms with van der Waals surface area (Å²) in [6, 6.07) is 14.4. The molecule has 1 aliphatic heterocycles. The highest BCUT2D eigenvalue weighted by atomic mass is 19.1. The van der Waals surface area contributed by atoms with Crippen molar-refractivity contribution in [2.45, 2.75) is 31.8 Å². The zero-order valence-electron chi connectivity index (χ0n) is 13.6. The third kappa shape index (κ3) is 3.65. The molecule has 2 aromatic rings. The Morgan fingerprint density at radius 1 is 1.04 bits per heavy atom. The SMILES string of the molecule is O=C(Cc1ccccc1F)N1CCC(c2ccccc2CO)CC1. The van der Waals surface area contributed by atoms with Crippen LogP contribution in [-0.4, -0.2) is 29.0 Å². The van der Waals surface area contributed by atoms with Crippen LogP contribution >= 0.6 is 0 Å². The van der Waals surface area contributed by atoms with E-state index in [1.807, 2.05) is 23.1 Å². The van der Waals surface area contributed by atoms with E-state index in [0.717, 1.165) is 18.4 Å². The predicted molar refractivity (Wildman–Crippen MR) is 91.0 cm³/mol. The Labute approximate surface area is 141 Å². The standard InChI is InChI=1S/C20H22FNO2/c21-19-8-4-2-5-16(19)13-20(24)22-11-9-15(10-12-22)18-7-3-1-6-17(18)14-23/h1-8,15,23H,9-14H2. The molecule has 3 rings (SSSR count). The van der Waals surface area contributed by atoms with Gasteiger partial charge in [0.05, 0.1) is 13.0 Å². The van der Waals surface area contributed by atoms with Crippen LogP contribution in [0, 0.1) is 5.82 Å². The predicted octanol–water partition coefficient (Wildman–Crippen LogP) is 3.27. The topological polar surface area (TPSA) is 40.5 Å². The van der Waals surface area contributed by atoms with Gasteiger partial charge in [0, 0.05) is 13.1 Å². The lowest BCUT2D eigenvalue weighted by atomic mass is 9.86. The smallest absolute Gasteiger partial charge is 0.227 e. The summed E-state index contributed by atoms with van der Waals surface area (Å²) in [6.45, 7) is 1.40. The Morgan fingerprint density at radius 2 is 1.67 bits per heavy atom. The molecule has 24 heavy (non-hydrogen) atoms. The normalized spacial score (nSPS) is 15.5. The molecule has 4 heteroatoms. The van der Waals surface area contributed by atoms with Crippen LogP contribution in [0.4, 0.5) is 4.39 Å². The number of carbonyl (C=O) groups excluding carboxylic acids is 1.